The fourth-order valence-electron chi connectivity index (χ4n) is 3.55. The maximum atomic E-state index is 6.53. The van der Waals surface area contributed by atoms with E-state index in [1.165, 1.54) is 32.1 Å². The third-order valence-corrected chi connectivity index (χ3v) is 4.96. The van der Waals surface area contributed by atoms with Crippen molar-refractivity contribution in [1.29, 1.82) is 0 Å². The van der Waals surface area contributed by atoms with E-state index in [1.54, 1.807) is 0 Å². The second-order valence-electron chi connectivity index (χ2n) is 6.04. The first-order valence-corrected chi connectivity index (χ1v) is 8.43. The molecule has 1 fully saturated rings. The van der Waals surface area contributed by atoms with Crippen molar-refractivity contribution in [2.24, 2.45) is 5.92 Å². The lowest BCUT2D eigenvalue weighted by atomic mass is 9.81. The van der Waals surface area contributed by atoms with E-state index >= 15 is 0 Å². The van der Waals surface area contributed by atoms with Gasteiger partial charge < -0.3 is 14.8 Å². The fraction of sp³-hybridized carbons (Fsp3) is 0.647. The van der Waals surface area contributed by atoms with Crippen LogP contribution < -0.4 is 14.8 Å². The molecule has 0 bridgehead atoms. The van der Waals surface area contributed by atoms with Gasteiger partial charge in [-0.1, -0.05) is 30.9 Å². The van der Waals surface area contributed by atoms with E-state index in [0.29, 0.717) is 25.2 Å². The van der Waals surface area contributed by atoms with Crippen molar-refractivity contribution < 1.29 is 9.47 Å². The van der Waals surface area contributed by atoms with Crippen molar-refractivity contribution in [3.63, 3.8) is 0 Å². The van der Waals surface area contributed by atoms with Crippen molar-refractivity contribution >= 4 is 11.6 Å². The smallest absolute Gasteiger partial charge is 0.162 e. The van der Waals surface area contributed by atoms with Gasteiger partial charge in [0.1, 0.15) is 0 Å². The van der Waals surface area contributed by atoms with Gasteiger partial charge in [-0.2, -0.15) is 0 Å². The van der Waals surface area contributed by atoms with Gasteiger partial charge in [0.2, 0.25) is 0 Å². The Kier molecular flexibility index (Phi) is 4.91. The zero-order valence-corrected chi connectivity index (χ0v) is 13.4. The molecule has 3 rings (SSSR count). The minimum Gasteiger partial charge on any atom is -0.490 e. The van der Waals surface area contributed by atoms with E-state index < -0.39 is 0 Å². The Hall–Kier alpha value is -0.930. The van der Waals surface area contributed by atoms with Crippen LogP contribution in [0, 0.1) is 5.92 Å². The molecule has 1 aliphatic carbocycles. The number of nitrogens with one attached hydrogen (secondary N) is 1. The maximum absolute atomic E-state index is 6.53. The fourth-order valence-corrected chi connectivity index (χ4v) is 3.82. The second kappa shape index (κ2) is 6.89. The van der Waals surface area contributed by atoms with Crippen molar-refractivity contribution in [1.82, 2.24) is 5.32 Å². The second-order valence-corrected chi connectivity index (χ2v) is 6.44. The van der Waals surface area contributed by atoms with Crippen molar-refractivity contribution in [2.75, 3.05) is 20.3 Å². The third-order valence-electron chi connectivity index (χ3n) is 4.63. The molecule has 1 aromatic carbocycles. The van der Waals surface area contributed by atoms with Crippen LogP contribution in [-0.2, 0) is 0 Å². The molecule has 0 aromatic heterocycles. The number of fused-ring (bicyclic) bond motifs is 1. The summed E-state index contributed by atoms with van der Waals surface area (Å²) >= 11 is 6.53. The molecule has 1 heterocycles. The Balaban J connectivity index is 1.90. The summed E-state index contributed by atoms with van der Waals surface area (Å²) in [7, 11) is 2.03. The van der Waals surface area contributed by atoms with Crippen LogP contribution in [-0.4, -0.2) is 20.3 Å². The van der Waals surface area contributed by atoms with Crippen LogP contribution in [0.5, 0.6) is 11.5 Å². The zero-order chi connectivity index (χ0) is 14.7. The molecule has 1 atom stereocenters. The van der Waals surface area contributed by atoms with Crippen molar-refractivity contribution in [3.05, 3.63) is 22.7 Å². The molecule has 0 amide bonds. The zero-order valence-electron chi connectivity index (χ0n) is 12.7. The number of halogens is 1. The van der Waals surface area contributed by atoms with E-state index in [4.69, 9.17) is 21.1 Å². The van der Waals surface area contributed by atoms with Crippen LogP contribution in [0.1, 0.15) is 50.1 Å². The van der Waals surface area contributed by atoms with Crippen molar-refractivity contribution in [3.8, 4) is 11.5 Å². The summed E-state index contributed by atoms with van der Waals surface area (Å²) in [6.45, 7) is 1.41. The van der Waals surface area contributed by atoms with Crippen LogP contribution in [0.25, 0.3) is 0 Å². The summed E-state index contributed by atoms with van der Waals surface area (Å²) in [6.07, 6.45) is 7.48. The molecular formula is C17H24ClNO2. The first kappa shape index (κ1) is 15.0. The van der Waals surface area contributed by atoms with Gasteiger partial charge >= 0.3 is 0 Å². The van der Waals surface area contributed by atoms with Gasteiger partial charge in [0.05, 0.1) is 13.2 Å². The number of hydrogen-bond acceptors (Lipinski definition) is 3. The Bertz CT molecular complexity index is 486. The summed E-state index contributed by atoms with van der Waals surface area (Å²) in [5.41, 5.74) is 1.15. The predicted molar refractivity (Wildman–Crippen MR) is 85.4 cm³/mol. The van der Waals surface area contributed by atoms with Crippen LogP contribution in [0.2, 0.25) is 5.02 Å². The molecule has 1 aliphatic heterocycles. The van der Waals surface area contributed by atoms with Crippen molar-refractivity contribution in [2.45, 2.75) is 44.6 Å². The molecule has 116 valence electrons. The molecule has 4 heteroatoms. The molecule has 2 aliphatic rings. The van der Waals surface area contributed by atoms with E-state index in [0.717, 1.165) is 28.5 Å². The summed E-state index contributed by atoms with van der Waals surface area (Å²) in [6, 6.07) is 4.30. The van der Waals surface area contributed by atoms with Gasteiger partial charge in [-0.05, 0) is 37.4 Å². The van der Waals surface area contributed by atoms with E-state index in [1.807, 2.05) is 13.1 Å². The highest BCUT2D eigenvalue weighted by atomic mass is 35.5. The number of rotatable bonds is 3. The van der Waals surface area contributed by atoms with Crippen LogP contribution in [0.3, 0.4) is 0 Å². The van der Waals surface area contributed by atoms with Crippen LogP contribution >= 0.6 is 11.6 Å². The quantitative estimate of drug-likeness (QED) is 0.901. The normalized spacial score (nSPS) is 20.9. The Morgan fingerprint density at radius 3 is 2.38 bits per heavy atom. The van der Waals surface area contributed by atoms with Gasteiger partial charge in [-0.3, -0.25) is 0 Å². The summed E-state index contributed by atoms with van der Waals surface area (Å²) in [5, 5.41) is 4.25. The summed E-state index contributed by atoms with van der Waals surface area (Å²) < 4.78 is 11.5. The van der Waals surface area contributed by atoms with Crippen LogP contribution in [0.15, 0.2) is 12.1 Å². The van der Waals surface area contributed by atoms with Gasteiger partial charge in [0, 0.05) is 23.6 Å². The van der Waals surface area contributed by atoms with Crippen LogP contribution in [0.4, 0.5) is 0 Å². The standard InChI is InChI=1S/C17H24ClNO2/c1-19-17(12-6-3-2-4-7-12)13-10-15-16(11-14(13)18)21-9-5-8-20-15/h10-12,17,19H,2-9H2,1H3. The topological polar surface area (TPSA) is 30.5 Å². The number of benzene rings is 1. The molecule has 3 nitrogen and oxygen atoms in total. The first-order chi connectivity index (χ1) is 10.3. The van der Waals surface area contributed by atoms with E-state index in [9.17, 15) is 0 Å². The first-order valence-electron chi connectivity index (χ1n) is 8.06. The lowest BCUT2D eigenvalue weighted by molar-refractivity contribution is 0.280. The SMILES string of the molecule is CNC(c1cc2c(cc1Cl)OCCCO2)C1CCCCC1. The molecule has 21 heavy (non-hydrogen) atoms. The highest BCUT2D eigenvalue weighted by Gasteiger charge is 2.27. The average Bonchev–Trinajstić information content (AvgIpc) is 2.74. The minimum atomic E-state index is 0.301. The largest absolute Gasteiger partial charge is 0.490 e. The molecule has 1 saturated carbocycles. The molecule has 1 unspecified atom stereocenters. The minimum absolute atomic E-state index is 0.301. The highest BCUT2D eigenvalue weighted by molar-refractivity contribution is 6.31. The summed E-state index contributed by atoms with van der Waals surface area (Å²) in [4.78, 5) is 0. The lowest BCUT2D eigenvalue weighted by Crippen LogP contribution is -2.27. The number of hydrogen-bond donors (Lipinski definition) is 1. The highest BCUT2D eigenvalue weighted by Crippen LogP contribution is 2.42. The predicted octanol–water partition coefficient (Wildman–Crippen LogP) is 4.34. The molecule has 0 spiro atoms. The average molecular weight is 310 g/mol. The van der Waals surface area contributed by atoms with Gasteiger partial charge in [-0.25, -0.2) is 0 Å². The number of ether oxygens (including phenoxy) is 2. The maximum Gasteiger partial charge on any atom is 0.162 e. The molecular weight excluding hydrogens is 286 g/mol. The Morgan fingerprint density at radius 2 is 1.71 bits per heavy atom. The molecule has 0 radical (unpaired) electrons. The lowest BCUT2D eigenvalue weighted by Gasteiger charge is -2.31. The Morgan fingerprint density at radius 1 is 1.05 bits per heavy atom. The Labute approximate surface area is 132 Å². The molecule has 1 N–H and O–H groups in total. The van der Waals surface area contributed by atoms with Gasteiger partial charge in [-0.15, -0.1) is 0 Å². The van der Waals surface area contributed by atoms with Gasteiger partial charge in [0.25, 0.3) is 0 Å². The molecule has 0 saturated heterocycles. The van der Waals surface area contributed by atoms with E-state index in [2.05, 4.69) is 11.4 Å². The summed E-state index contributed by atoms with van der Waals surface area (Å²) in [5.74, 6) is 2.27. The monoisotopic (exact) mass is 309 g/mol. The molecule has 1 aromatic rings. The van der Waals surface area contributed by atoms with E-state index in [-0.39, 0.29) is 0 Å². The third kappa shape index (κ3) is 3.29. The van der Waals surface area contributed by atoms with Gasteiger partial charge in [0.15, 0.2) is 11.5 Å².